The second-order valence-corrected chi connectivity index (χ2v) is 4.46. The average molecular weight is 241 g/mol. The fraction of sp³-hybridized carbons (Fsp3) is 0.615. The van der Waals surface area contributed by atoms with Crippen LogP contribution < -0.4 is 5.32 Å². The topological polar surface area (TPSA) is 24.9 Å². The van der Waals surface area contributed by atoms with Crippen molar-refractivity contribution in [2.45, 2.75) is 32.7 Å². The van der Waals surface area contributed by atoms with Gasteiger partial charge in [0, 0.05) is 18.6 Å². The molecule has 0 aliphatic heterocycles. The summed E-state index contributed by atoms with van der Waals surface area (Å²) >= 11 is 5.79. The van der Waals surface area contributed by atoms with Gasteiger partial charge in [-0.25, -0.2) is 0 Å². The zero-order valence-corrected chi connectivity index (χ0v) is 10.7. The molecule has 1 aromatic heterocycles. The van der Waals surface area contributed by atoms with Gasteiger partial charge >= 0.3 is 0 Å². The highest BCUT2D eigenvalue weighted by atomic mass is 35.5. The Hall–Kier alpha value is -0.600. The Bertz CT molecular complexity index is 258. The van der Waals surface area contributed by atoms with Crippen LogP contribution in [-0.2, 0) is 6.54 Å². The van der Waals surface area contributed by atoms with Gasteiger partial charge in [-0.15, -0.1) is 11.6 Å². The van der Waals surface area contributed by atoms with E-state index in [9.17, 15) is 0 Å². The lowest BCUT2D eigenvalue weighted by Crippen LogP contribution is -2.23. The van der Waals surface area contributed by atoms with Crippen LogP contribution in [0.4, 0.5) is 0 Å². The van der Waals surface area contributed by atoms with Crippen LogP contribution in [0, 0.1) is 5.92 Å². The molecule has 16 heavy (non-hydrogen) atoms. The number of pyridine rings is 1. The first-order valence-corrected chi connectivity index (χ1v) is 6.56. The van der Waals surface area contributed by atoms with Crippen molar-refractivity contribution >= 4 is 11.6 Å². The van der Waals surface area contributed by atoms with Crippen LogP contribution in [0.3, 0.4) is 0 Å². The third-order valence-corrected chi connectivity index (χ3v) is 2.90. The molecule has 0 bridgehead atoms. The van der Waals surface area contributed by atoms with Gasteiger partial charge in [0.2, 0.25) is 0 Å². The molecule has 3 heteroatoms. The predicted molar refractivity (Wildman–Crippen MR) is 69.7 cm³/mol. The Morgan fingerprint density at radius 3 is 2.88 bits per heavy atom. The molecule has 0 radical (unpaired) electrons. The van der Waals surface area contributed by atoms with Gasteiger partial charge in [-0.2, -0.15) is 0 Å². The molecule has 1 aromatic rings. The number of alkyl halides is 1. The molecule has 1 N–H and O–H groups in total. The Labute approximate surface area is 103 Å². The molecular weight excluding hydrogens is 220 g/mol. The molecule has 0 saturated carbocycles. The molecule has 2 nitrogen and oxygen atoms in total. The SMILES string of the molecule is CCCC(CCCl)CNCc1ccccn1. The van der Waals surface area contributed by atoms with Crippen molar-refractivity contribution in [2.24, 2.45) is 5.92 Å². The molecular formula is C13H21ClN2. The Kier molecular flexibility index (Phi) is 7.19. The molecule has 0 amide bonds. The lowest BCUT2D eigenvalue weighted by atomic mass is 10.0. The normalized spacial score (nSPS) is 12.6. The first-order valence-electron chi connectivity index (χ1n) is 6.03. The first-order chi connectivity index (χ1) is 7.86. The van der Waals surface area contributed by atoms with E-state index in [1.807, 2.05) is 24.4 Å². The van der Waals surface area contributed by atoms with E-state index in [1.54, 1.807) is 0 Å². The number of hydrogen-bond acceptors (Lipinski definition) is 2. The number of hydrogen-bond donors (Lipinski definition) is 1. The van der Waals surface area contributed by atoms with Gasteiger partial charge in [0.1, 0.15) is 0 Å². The highest BCUT2D eigenvalue weighted by molar-refractivity contribution is 6.17. The van der Waals surface area contributed by atoms with Crippen LogP contribution in [0.2, 0.25) is 0 Å². The van der Waals surface area contributed by atoms with Gasteiger partial charge < -0.3 is 5.32 Å². The molecule has 0 aromatic carbocycles. The maximum absolute atomic E-state index is 5.79. The maximum atomic E-state index is 5.79. The van der Waals surface area contributed by atoms with Crippen LogP contribution in [0.1, 0.15) is 31.9 Å². The van der Waals surface area contributed by atoms with Crippen LogP contribution in [-0.4, -0.2) is 17.4 Å². The Balaban J connectivity index is 2.22. The molecule has 0 fully saturated rings. The van der Waals surface area contributed by atoms with Gasteiger partial charge in [0.05, 0.1) is 5.69 Å². The van der Waals surface area contributed by atoms with Gasteiger partial charge in [-0.3, -0.25) is 4.98 Å². The second-order valence-electron chi connectivity index (χ2n) is 4.08. The summed E-state index contributed by atoms with van der Waals surface area (Å²) in [6, 6.07) is 6.01. The summed E-state index contributed by atoms with van der Waals surface area (Å²) in [5, 5.41) is 3.45. The first kappa shape index (κ1) is 13.5. The predicted octanol–water partition coefficient (Wildman–Crippen LogP) is 3.22. The summed E-state index contributed by atoms with van der Waals surface area (Å²) in [7, 11) is 0. The number of nitrogens with one attached hydrogen (secondary N) is 1. The summed E-state index contributed by atoms with van der Waals surface area (Å²) in [6.45, 7) is 4.11. The average Bonchev–Trinajstić information content (AvgIpc) is 2.31. The molecule has 0 saturated heterocycles. The van der Waals surface area contributed by atoms with E-state index in [4.69, 9.17) is 11.6 Å². The van der Waals surface area contributed by atoms with E-state index in [1.165, 1.54) is 12.8 Å². The molecule has 0 spiro atoms. The lowest BCUT2D eigenvalue weighted by Gasteiger charge is -2.15. The lowest BCUT2D eigenvalue weighted by molar-refractivity contribution is 0.429. The Morgan fingerprint density at radius 1 is 1.38 bits per heavy atom. The van der Waals surface area contributed by atoms with Crippen LogP contribution in [0.5, 0.6) is 0 Å². The van der Waals surface area contributed by atoms with Gasteiger partial charge in [-0.05, 0) is 37.4 Å². The fourth-order valence-corrected chi connectivity index (χ4v) is 2.13. The minimum Gasteiger partial charge on any atom is -0.311 e. The van der Waals surface area contributed by atoms with E-state index < -0.39 is 0 Å². The highest BCUT2D eigenvalue weighted by Crippen LogP contribution is 2.11. The van der Waals surface area contributed by atoms with Crippen molar-refractivity contribution in [1.29, 1.82) is 0 Å². The van der Waals surface area contributed by atoms with Gasteiger partial charge in [0.15, 0.2) is 0 Å². The summed E-state index contributed by atoms with van der Waals surface area (Å²) in [6.07, 6.45) is 5.42. The second kappa shape index (κ2) is 8.54. The highest BCUT2D eigenvalue weighted by Gasteiger charge is 2.06. The number of rotatable bonds is 8. The zero-order chi connectivity index (χ0) is 11.6. The molecule has 0 aliphatic rings. The van der Waals surface area contributed by atoms with Crippen LogP contribution in [0.15, 0.2) is 24.4 Å². The summed E-state index contributed by atoms with van der Waals surface area (Å²) in [5.74, 6) is 1.46. The molecule has 1 unspecified atom stereocenters. The van der Waals surface area contributed by atoms with Gasteiger partial charge in [-0.1, -0.05) is 19.4 Å². The quantitative estimate of drug-likeness (QED) is 0.706. The Morgan fingerprint density at radius 2 is 2.25 bits per heavy atom. The minimum absolute atomic E-state index is 0.700. The minimum atomic E-state index is 0.700. The number of halogens is 1. The molecule has 90 valence electrons. The third-order valence-electron chi connectivity index (χ3n) is 2.68. The summed E-state index contributed by atoms with van der Waals surface area (Å²) in [5.41, 5.74) is 1.10. The largest absolute Gasteiger partial charge is 0.311 e. The molecule has 1 rings (SSSR count). The van der Waals surface area contributed by atoms with Crippen molar-refractivity contribution in [3.05, 3.63) is 30.1 Å². The number of aromatic nitrogens is 1. The smallest absolute Gasteiger partial charge is 0.0541 e. The van der Waals surface area contributed by atoms with E-state index in [0.717, 1.165) is 31.1 Å². The monoisotopic (exact) mass is 240 g/mol. The summed E-state index contributed by atoms with van der Waals surface area (Å²) in [4.78, 5) is 4.28. The maximum Gasteiger partial charge on any atom is 0.0541 e. The van der Waals surface area contributed by atoms with E-state index in [2.05, 4.69) is 17.2 Å². The van der Waals surface area contributed by atoms with Crippen molar-refractivity contribution in [2.75, 3.05) is 12.4 Å². The molecule has 0 aliphatic carbocycles. The van der Waals surface area contributed by atoms with Crippen LogP contribution >= 0.6 is 11.6 Å². The van der Waals surface area contributed by atoms with Crippen molar-refractivity contribution in [3.8, 4) is 0 Å². The summed E-state index contributed by atoms with van der Waals surface area (Å²) < 4.78 is 0. The standard InChI is InChI=1S/C13H21ClN2/c1-2-5-12(7-8-14)10-15-11-13-6-3-4-9-16-13/h3-4,6,9,12,15H,2,5,7-8,10-11H2,1H3. The van der Waals surface area contributed by atoms with E-state index in [0.29, 0.717) is 5.92 Å². The van der Waals surface area contributed by atoms with Crippen molar-refractivity contribution in [1.82, 2.24) is 10.3 Å². The van der Waals surface area contributed by atoms with E-state index in [-0.39, 0.29) is 0 Å². The third kappa shape index (κ3) is 5.47. The fourth-order valence-electron chi connectivity index (χ4n) is 1.82. The van der Waals surface area contributed by atoms with Gasteiger partial charge in [0.25, 0.3) is 0 Å². The van der Waals surface area contributed by atoms with Crippen molar-refractivity contribution in [3.63, 3.8) is 0 Å². The van der Waals surface area contributed by atoms with Crippen molar-refractivity contribution < 1.29 is 0 Å². The number of nitrogens with zero attached hydrogens (tertiary/aromatic N) is 1. The van der Waals surface area contributed by atoms with E-state index >= 15 is 0 Å². The molecule has 1 atom stereocenters. The van der Waals surface area contributed by atoms with Crippen LogP contribution in [0.25, 0.3) is 0 Å². The molecule has 1 heterocycles. The zero-order valence-electron chi connectivity index (χ0n) is 9.95.